The molecule has 0 aliphatic heterocycles. The van der Waals surface area contributed by atoms with Crippen LogP contribution in [0, 0.1) is 5.92 Å². The number of carbonyl (C=O) groups is 1. The fraction of sp³-hybridized carbons (Fsp3) is 0.909. The van der Waals surface area contributed by atoms with Gasteiger partial charge in [-0.1, -0.05) is 13.3 Å². The standard InChI is InChI=1S/C11H20N2O/c1-8-3-2-4-10(8)13-11(14)7-12-9-5-6-9/h8-10,12H,2-7H2,1H3,(H,13,14). The first-order chi connectivity index (χ1) is 6.75. The van der Waals surface area contributed by atoms with E-state index in [0.29, 0.717) is 24.5 Å². The summed E-state index contributed by atoms with van der Waals surface area (Å²) >= 11 is 0. The van der Waals surface area contributed by atoms with Gasteiger partial charge in [0.15, 0.2) is 0 Å². The van der Waals surface area contributed by atoms with Gasteiger partial charge < -0.3 is 10.6 Å². The zero-order chi connectivity index (χ0) is 9.97. The maximum atomic E-state index is 11.5. The molecule has 2 atom stereocenters. The Morgan fingerprint density at radius 1 is 1.29 bits per heavy atom. The summed E-state index contributed by atoms with van der Waals surface area (Å²) in [5, 5.41) is 6.34. The zero-order valence-electron chi connectivity index (χ0n) is 8.88. The molecular formula is C11H20N2O. The minimum Gasteiger partial charge on any atom is -0.352 e. The van der Waals surface area contributed by atoms with Crippen molar-refractivity contribution in [2.75, 3.05) is 6.54 Å². The van der Waals surface area contributed by atoms with Gasteiger partial charge in [-0.15, -0.1) is 0 Å². The van der Waals surface area contributed by atoms with Crippen LogP contribution in [-0.4, -0.2) is 24.5 Å². The van der Waals surface area contributed by atoms with Gasteiger partial charge in [0.2, 0.25) is 5.91 Å². The fourth-order valence-corrected chi connectivity index (χ4v) is 2.14. The van der Waals surface area contributed by atoms with E-state index >= 15 is 0 Å². The summed E-state index contributed by atoms with van der Waals surface area (Å²) in [6.07, 6.45) is 6.18. The first-order valence-corrected chi connectivity index (χ1v) is 5.78. The summed E-state index contributed by atoms with van der Waals surface area (Å²) < 4.78 is 0. The van der Waals surface area contributed by atoms with E-state index in [9.17, 15) is 4.79 Å². The van der Waals surface area contributed by atoms with Crippen LogP contribution in [0.3, 0.4) is 0 Å². The van der Waals surface area contributed by atoms with Gasteiger partial charge >= 0.3 is 0 Å². The molecular weight excluding hydrogens is 176 g/mol. The van der Waals surface area contributed by atoms with E-state index in [2.05, 4.69) is 17.6 Å². The molecule has 2 unspecified atom stereocenters. The highest BCUT2D eigenvalue weighted by molar-refractivity contribution is 5.78. The number of nitrogens with one attached hydrogen (secondary N) is 2. The predicted octanol–water partition coefficient (Wildman–Crippen LogP) is 1.04. The van der Waals surface area contributed by atoms with Crippen molar-refractivity contribution >= 4 is 5.91 Å². The van der Waals surface area contributed by atoms with Crippen LogP contribution < -0.4 is 10.6 Å². The van der Waals surface area contributed by atoms with E-state index in [4.69, 9.17) is 0 Å². The number of carbonyl (C=O) groups excluding carboxylic acids is 1. The summed E-state index contributed by atoms with van der Waals surface area (Å²) in [4.78, 5) is 11.5. The average Bonchev–Trinajstić information content (AvgIpc) is 2.90. The van der Waals surface area contributed by atoms with Crippen molar-refractivity contribution in [1.82, 2.24) is 10.6 Å². The first-order valence-electron chi connectivity index (χ1n) is 5.78. The van der Waals surface area contributed by atoms with E-state index in [1.807, 2.05) is 0 Å². The number of rotatable bonds is 4. The van der Waals surface area contributed by atoms with Gasteiger partial charge in [0.05, 0.1) is 6.54 Å². The summed E-state index contributed by atoms with van der Waals surface area (Å²) in [7, 11) is 0. The Balaban J connectivity index is 1.64. The van der Waals surface area contributed by atoms with Crippen molar-refractivity contribution in [1.29, 1.82) is 0 Å². The van der Waals surface area contributed by atoms with Gasteiger partial charge in [-0.05, 0) is 31.6 Å². The first kappa shape index (κ1) is 9.97. The van der Waals surface area contributed by atoms with Gasteiger partial charge in [-0.25, -0.2) is 0 Å². The Morgan fingerprint density at radius 3 is 2.64 bits per heavy atom. The van der Waals surface area contributed by atoms with Gasteiger partial charge in [0, 0.05) is 12.1 Å². The molecule has 0 aromatic rings. The van der Waals surface area contributed by atoms with Crippen molar-refractivity contribution < 1.29 is 4.79 Å². The van der Waals surface area contributed by atoms with Crippen molar-refractivity contribution in [3.8, 4) is 0 Å². The molecule has 2 rings (SSSR count). The van der Waals surface area contributed by atoms with E-state index in [1.165, 1.54) is 25.7 Å². The smallest absolute Gasteiger partial charge is 0.234 e. The van der Waals surface area contributed by atoms with Crippen LogP contribution >= 0.6 is 0 Å². The molecule has 0 bridgehead atoms. The Kier molecular flexibility index (Phi) is 3.06. The molecule has 3 nitrogen and oxygen atoms in total. The largest absolute Gasteiger partial charge is 0.352 e. The summed E-state index contributed by atoms with van der Waals surface area (Å²) in [5.41, 5.74) is 0. The third-order valence-corrected chi connectivity index (χ3v) is 3.34. The second-order valence-corrected chi connectivity index (χ2v) is 4.74. The third-order valence-electron chi connectivity index (χ3n) is 3.34. The number of hydrogen-bond donors (Lipinski definition) is 2. The summed E-state index contributed by atoms with van der Waals surface area (Å²) in [6, 6.07) is 1.06. The molecule has 0 radical (unpaired) electrons. The van der Waals surface area contributed by atoms with E-state index < -0.39 is 0 Å². The lowest BCUT2D eigenvalue weighted by molar-refractivity contribution is -0.121. The van der Waals surface area contributed by atoms with E-state index in [-0.39, 0.29) is 5.91 Å². The molecule has 2 fully saturated rings. The lowest BCUT2D eigenvalue weighted by atomic mass is 10.1. The Morgan fingerprint density at radius 2 is 2.07 bits per heavy atom. The average molecular weight is 196 g/mol. The van der Waals surface area contributed by atoms with Crippen LogP contribution in [0.5, 0.6) is 0 Å². The Labute approximate surface area is 85.6 Å². The van der Waals surface area contributed by atoms with Gasteiger partial charge in [-0.2, -0.15) is 0 Å². The lowest BCUT2D eigenvalue weighted by Gasteiger charge is -2.17. The Bertz CT molecular complexity index is 213. The van der Waals surface area contributed by atoms with Crippen molar-refractivity contribution in [2.45, 2.75) is 51.1 Å². The van der Waals surface area contributed by atoms with Crippen LogP contribution in [0.2, 0.25) is 0 Å². The van der Waals surface area contributed by atoms with Crippen LogP contribution in [0.4, 0.5) is 0 Å². The van der Waals surface area contributed by atoms with Crippen molar-refractivity contribution in [2.24, 2.45) is 5.92 Å². The van der Waals surface area contributed by atoms with Crippen molar-refractivity contribution in [3.63, 3.8) is 0 Å². The van der Waals surface area contributed by atoms with Crippen LogP contribution in [0.1, 0.15) is 39.0 Å². The highest BCUT2D eigenvalue weighted by Gasteiger charge is 2.25. The molecule has 0 heterocycles. The Hall–Kier alpha value is -0.570. The molecule has 2 saturated carbocycles. The molecule has 0 spiro atoms. The maximum absolute atomic E-state index is 11.5. The van der Waals surface area contributed by atoms with Crippen LogP contribution in [0.25, 0.3) is 0 Å². The highest BCUT2D eigenvalue weighted by atomic mass is 16.2. The molecule has 0 saturated heterocycles. The summed E-state index contributed by atoms with van der Waals surface area (Å²) in [5.74, 6) is 0.843. The van der Waals surface area contributed by atoms with Crippen LogP contribution in [0.15, 0.2) is 0 Å². The minimum absolute atomic E-state index is 0.177. The quantitative estimate of drug-likeness (QED) is 0.705. The number of amides is 1. The molecule has 2 N–H and O–H groups in total. The zero-order valence-corrected chi connectivity index (χ0v) is 8.88. The molecule has 14 heavy (non-hydrogen) atoms. The number of hydrogen-bond acceptors (Lipinski definition) is 2. The molecule has 1 amide bonds. The molecule has 0 aromatic carbocycles. The second-order valence-electron chi connectivity index (χ2n) is 4.74. The topological polar surface area (TPSA) is 41.1 Å². The maximum Gasteiger partial charge on any atom is 0.234 e. The van der Waals surface area contributed by atoms with Gasteiger partial charge in [0.1, 0.15) is 0 Å². The molecule has 0 aromatic heterocycles. The third kappa shape index (κ3) is 2.71. The van der Waals surface area contributed by atoms with Crippen molar-refractivity contribution in [3.05, 3.63) is 0 Å². The van der Waals surface area contributed by atoms with Gasteiger partial charge in [-0.3, -0.25) is 4.79 Å². The fourth-order valence-electron chi connectivity index (χ4n) is 2.14. The normalized spacial score (nSPS) is 31.8. The molecule has 80 valence electrons. The monoisotopic (exact) mass is 196 g/mol. The highest BCUT2D eigenvalue weighted by Crippen LogP contribution is 2.24. The molecule has 2 aliphatic carbocycles. The van der Waals surface area contributed by atoms with Crippen LogP contribution in [-0.2, 0) is 4.79 Å². The second kappa shape index (κ2) is 4.30. The van der Waals surface area contributed by atoms with Gasteiger partial charge in [0.25, 0.3) is 0 Å². The SMILES string of the molecule is CC1CCCC1NC(=O)CNC1CC1. The molecule has 3 heteroatoms. The lowest BCUT2D eigenvalue weighted by Crippen LogP contribution is -2.41. The predicted molar refractivity (Wildman–Crippen MR) is 56.0 cm³/mol. The van der Waals surface area contributed by atoms with E-state index in [1.54, 1.807) is 0 Å². The molecule has 2 aliphatic rings. The summed E-state index contributed by atoms with van der Waals surface area (Å²) in [6.45, 7) is 2.74. The minimum atomic E-state index is 0.177. The van der Waals surface area contributed by atoms with E-state index in [0.717, 1.165) is 6.42 Å².